The van der Waals surface area contributed by atoms with Crippen LogP contribution in [0.1, 0.15) is 54.4 Å². The third-order valence-electron chi connectivity index (χ3n) is 4.86. The van der Waals surface area contributed by atoms with Crippen LogP contribution in [0.4, 0.5) is 5.00 Å². The smallest absolute Gasteiger partial charge is 0.341 e. The maximum atomic E-state index is 13.0. The Morgan fingerprint density at radius 2 is 2.24 bits per heavy atom. The Bertz CT molecular complexity index is 889. The van der Waals surface area contributed by atoms with Crippen LogP contribution >= 0.6 is 23.1 Å². The second-order valence-corrected chi connectivity index (χ2v) is 9.37. The summed E-state index contributed by atoms with van der Waals surface area (Å²) in [7, 11) is 1.59. The number of thiophene rings is 1. The Labute approximate surface area is 177 Å². The van der Waals surface area contributed by atoms with Crippen molar-refractivity contribution in [1.29, 1.82) is 0 Å². The van der Waals surface area contributed by atoms with E-state index in [1.165, 1.54) is 16.0 Å². The molecule has 8 nitrogen and oxygen atoms in total. The quantitative estimate of drug-likeness (QED) is 0.401. The number of carbonyl (C=O) groups is 2. The Kier molecular flexibility index (Phi) is 6.84. The van der Waals surface area contributed by atoms with Crippen LogP contribution < -0.4 is 15.1 Å². The molecule has 0 aliphatic heterocycles. The molecule has 1 aliphatic carbocycles. The van der Waals surface area contributed by atoms with Crippen LogP contribution in [-0.2, 0) is 29.4 Å². The van der Waals surface area contributed by atoms with Gasteiger partial charge in [-0.25, -0.2) is 4.79 Å². The molecule has 2 heterocycles. The molecule has 2 atom stereocenters. The van der Waals surface area contributed by atoms with Crippen LogP contribution in [-0.4, -0.2) is 29.0 Å². The summed E-state index contributed by atoms with van der Waals surface area (Å²) in [5, 5.41) is 18.5. The van der Waals surface area contributed by atoms with Crippen molar-refractivity contribution in [1.82, 2.24) is 5.27 Å². The van der Waals surface area contributed by atoms with E-state index in [0.29, 0.717) is 22.9 Å². The molecule has 0 aromatic carbocycles. The van der Waals surface area contributed by atoms with E-state index in [4.69, 9.17) is 4.74 Å². The zero-order chi connectivity index (χ0) is 21.1. The molecular weight excluding hydrogens is 414 g/mol. The number of amides is 1. The van der Waals surface area contributed by atoms with Gasteiger partial charge in [-0.2, -0.15) is 0 Å². The van der Waals surface area contributed by atoms with Gasteiger partial charge in [0.25, 0.3) is 5.03 Å². The highest BCUT2D eigenvalue weighted by atomic mass is 32.2. The van der Waals surface area contributed by atoms with Crippen LogP contribution in [0.2, 0.25) is 0 Å². The topological polar surface area (TPSA) is 108 Å². The van der Waals surface area contributed by atoms with Gasteiger partial charge in [-0.1, -0.05) is 18.5 Å². The van der Waals surface area contributed by atoms with E-state index >= 15 is 0 Å². The molecule has 1 aliphatic rings. The van der Waals surface area contributed by atoms with Gasteiger partial charge in [0, 0.05) is 4.88 Å². The summed E-state index contributed by atoms with van der Waals surface area (Å²) < 4.78 is 11.2. The van der Waals surface area contributed by atoms with Gasteiger partial charge in [0.15, 0.2) is 13.0 Å². The second kappa shape index (κ2) is 9.17. The lowest BCUT2D eigenvalue weighted by Crippen LogP contribution is -2.34. The van der Waals surface area contributed by atoms with Gasteiger partial charge in [-0.05, 0) is 55.9 Å². The number of aromatic nitrogens is 2. The predicted octanol–water partition coefficient (Wildman–Crippen LogP) is 2.45. The summed E-state index contributed by atoms with van der Waals surface area (Å²) in [6, 6.07) is 0. The minimum absolute atomic E-state index is 0.261. The molecule has 0 fully saturated rings. The molecule has 0 saturated carbocycles. The highest BCUT2D eigenvalue weighted by molar-refractivity contribution is 8.00. The highest BCUT2D eigenvalue weighted by Gasteiger charge is 2.31. The predicted molar refractivity (Wildman–Crippen MR) is 107 cm³/mol. The number of carbonyl (C=O) groups excluding carboxylic acids is 2. The Morgan fingerprint density at radius 1 is 1.48 bits per heavy atom. The minimum atomic E-state index is -0.573. The van der Waals surface area contributed by atoms with Crippen LogP contribution in [0.5, 0.6) is 5.95 Å². The van der Waals surface area contributed by atoms with E-state index in [-0.39, 0.29) is 17.5 Å². The van der Waals surface area contributed by atoms with Gasteiger partial charge in [-0.3, -0.25) is 4.79 Å². The lowest BCUT2D eigenvalue weighted by atomic mass is 9.88. The summed E-state index contributed by atoms with van der Waals surface area (Å²) in [5.41, 5.74) is 1.47. The fourth-order valence-corrected chi connectivity index (χ4v) is 5.66. The van der Waals surface area contributed by atoms with Gasteiger partial charge in [-0.15, -0.1) is 11.3 Å². The first-order chi connectivity index (χ1) is 13.8. The lowest BCUT2D eigenvalue weighted by molar-refractivity contribution is -0.772. The number of ether oxygens (including phenoxy) is 1. The fraction of sp³-hybridized carbons (Fsp3) is 0.579. The fourth-order valence-electron chi connectivity index (χ4n) is 3.34. The molecule has 0 bridgehead atoms. The zero-order valence-corrected chi connectivity index (χ0v) is 18.6. The number of hydrogen-bond donors (Lipinski definition) is 1. The molecule has 1 N–H and O–H groups in total. The van der Waals surface area contributed by atoms with E-state index in [1.807, 2.05) is 6.92 Å². The molecule has 0 spiro atoms. The maximum Gasteiger partial charge on any atom is 0.341 e. The number of esters is 1. The first-order valence-electron chi connectivity index (χ1n) is 9.67. The summed E-state index contributed by atoms with van der Waals surface area (Å²) in [5.74, 6) is -0.697. The van der Waals surface area contributed by atoms with Gasteiger partial charge in [0.1, 0.15) is 5.00 Å². The molecule has 2 aromatic heterocycles. The molecule has 29 heavy (non-hydrogen) atoms. The number of aryl methyl sites for hydroxylation is 1. The number of nitrogens with zero attached hydrogens (tertiary/aromatic N) is 2. The van der Waals surface area contributed by atoms with Crippen molar-refractivity contribution >= 4 is 40.0 Å². The third kappa shape index (κ3) is 4.58. The average molecular weight is 440 g/mol. The Morgan fingerprint density at radius 3 is 2.86 bits per heavy atom. The molecule has 0 saturated heterocycles. The van der Waals surface area contributed by atoms with Crippen LogP contribution in [0.25, 0.3) is 0 Å². The van der Waals surface area contributed by atoms with E-state index in [2.05, 4.69) is 22.0 Å². The Balaban J connectivity index is 1.86. The van der Waals surface area contributed by atoms with E-state index in [9.17, 15) is 14.7 Å². The molecule has 2 unspecified atom stereocenters. The zero-order valence-electron chi connectivity index (χ0n) is 16.9. The summed E-state index contributed by atoms with van der Waals surface area (Å²) in [6.07, 6.45) is 3.20. The van der Waals surface area contributed by atoms with Crippen molar-refractivity contribution in [2.24, 2.45) is 13.0 Å². The highest BCUT2D eigenvalue weighted by Crippen LogP contribution is 2.40. The SMILES string of the molecule is CCOC(=O)c1c(NC(=O)C(CC)Sc2c([O-])on[n+]2C)sc2c1CCC(C)C2. The summed E-state index contributed by atoms with van der Waals surface area (Å²) in [6.45, 7) is 6.09. The number of nitrogens with one attached hydrogen (secondary N) is 1. The van der Waals surface area contributed by atoms with Crippen LogP contribution in [0.3, 0.4) is 0 Å². The second-order valence-electron chi connectivity index (χ2n) is 7.07. The summed E-state index contributed by atoms with van der Waals surface area (Å²) in [4.78, 5) is 26.7. The molecule has 0 radical (unpaired) electrons. The normalized spacial score (nSPS) is 16.9. The van der Waals surface area contributed by atoms with Crippen molar-refractivity contribution in [3.63, 3.8) is 0 Å². The number of fused-ring (bicyclic) bond motifs is 1. The number of hydrogen-bond acceptors (Lipinski definition) is 8. The van der Waals surface area contributed by atoms with E-state index in [0.717, 1.165) is 41.5 Å². The molecule has 2 aromatic rings. The largest absolute Gasteiger partial charge is 0.538 e. The average Bonchev–Trinajstić information content (AvgIpc) is 3.18. The van der Waals surface area contributed by atoms with E-state index < -0.39 is 17.2 Å². The maximum absolute atomic E-state index is 13.0. The van der Waals surface area contributed by atoms with Crippen LogP contribution in [0.15, 0.2) is 9.55 Å². The molecule has 3 rings (SSSR count). The van der Waals surface area contributed by atoms with Crippen LogP contribution in [0, 0.1) is 5.92 Å². The van der Waals surface area contributed by atoms with Crippen molar-refractivity contribution in [3.05, 3.63) is 16.0 Å². The van der Waals surface area contributed by atoms with Gasteiger partial charge >= 0.3 is 5.97 Å². The monoisotopic (exact) mass is 439 g/mol. The molecular formula is C19H25N3O5S2. The molecule has 1 amide bonds. The summed E-state index contributed by atoms with van der Waals surface area (Å²) >= 11 is 2.56. The Hall–Kier alpha value is -2.07. The van der Waals surface area contributed by atoms with Crippen molar-refractivity contribution < 1.29 is 28.6 Å². The standard InChI is InChI=1S/C19H25N3O5S2/c1-5-12(29-17-19(25)27-21-22(17)4)15(23)20-16-14(18(24)26-6-2)11-8-7-10(3)9-13(11)28-16/h10,12H,5-9H2,1-4H3,(H-,20,21,23,24,25). The lowest BCUT2D eigenvalue weighted by Gasteiger charge is -2.18. The first-order valence-corrected chi connectivity index (χ1v) is 11.4. The molecule has 158 valence electrons. The van der Waals surface area contributed by atoms with Gasteiger partial charge < -0.3 is 19.7 Å². The number of thioether (sulfide) groups is 1. The van der Waals surface area contributed by atoms with Crippen molar-refractivity contribution in [3.8, 4) is 5.95 Å². The third-order valence-corrected chi connectivity index (χ3v) is 7.52. The van der Waals surface area contributed by atoms with Crippen molar-refractivity contribution in [2.75, 3.05) is 11.9 Å². The van der Waals surface area contributed by atoms with E-state index in [1.54, 1.807) is 14.0 Å². The van der Waals surface area contributed by atoms with Gasteiger partial charge in [0.2, 0.25) is 5.91 Å². The number of rotatable bonds is 7. The van der Waals surface area contributed by atoms with Crippen molar-refractivity contribution in [2.45, 2.75) is 56.7 Å². The number of anilines is 1. The molecule has 10 heteroatoms. The minimum Gasteiger partial charge on any atom is -0.538 e. The van der Waals surface area contributed by atoms with Gasteiger partial charge in [0.05, 0.1) is 22.7 Å². The first kappa shape index (κ1) is 21.6.